The fourth-order valence-electron chi connectivity index (χ4n) is 4.85. The second-order valence-corrected chi connectivity index (χ2v) is 9.73. The first kappa shape index (κ1) is 25.1. The molecule has 0 fully saturated rings. The number of hydrogen-bond donors (Lipinski definition) is 0. The molecule has 0 atom stereocenters. The quantitative estimate of drug-likeness (QED) is 0.258. The normalized spacial score (nSPS) is 11.7. The van der Waals surface area contributed by atoms with E-state index in [0.717, 1.165) is 45.2 Å². The first-order valence-electron chi connectivity index (χ1n) is 12.7. The zero-order valence-corrected chi connectivity index (χ0v) is 22.6. The van der Waals surface area contributed by atoms with E-state index in [-0.39, 0.29) is 11.5 Å². The molecule has 0 amide bonds. The number of benzene rings is 2. The van der Waals surface area contributed by atoms with Crippen molar-refractivity contribution in [2.24, 2.45) is 5.10 Å². The standard InChI is InChI=1S/C31H31N5O2/c1-19(2)25-17-26(20(3)15-28(25)38-6)30-34-27-12-8-7-11-24(27)31(37)36(30)33-18-23-16-21(4)35(22(23)5)29-13-9-10-14-32-29/h7-19H,1-6H3. The molecule has 0 radical (unpaired) electrons. The van der Waals surface area contributed by atoms with Crippen molar-refractivity contribution in [1.82, 2.24) is 19.2 Å². The molecule has 7 heteroatoms. The van der Waals surface area contributed by atoms with Gasteiger partial charge in [-0.3, -0.25) is 4.79 Å². The van der Waals surface area contributed by atoms with E-state index in [4.69, 9.17) is 14.8 Å². The van der Waals surface area contributed by atoms with Gasteiger partial charge >= 0.3 is 0 Å². The van der Waals surface area contributed by atoms with E-state index in [1.807, 2.05) is 69.3 Å². The summed E-state index contributed by atoms with van der Waals surface area (Å²) in [5.41, 5.74) is 6.16. The molecular weight excluding hydrogens is 474 g/mol. The molecule has 5 aromatic rings. The maximum atomic E-state index is 13.7. The molecule has 0 aliphatic carbocycles. The third kappa shape index (κ3) is 4.41. The summed E-state index contributed by atoms with van der Waals surface area (Å²) in [5, 5.41) is 5.24. The minimum atomic E-state index is -0.221. The average molecular weight is 506 g/mol. The van der Waals surface area contributed by atoms with E-state index in [2.05, 4.69) is 29.5 Å². The number of rotatable bonds is 6. The van der Waals surface area contributed by atoms with Crippen LogP contribution in [0.15, 0.2) is 76.8 Å². The molecule has 0 unspecified atom stereocenters. The van der Waals surface area contributed by atoms with Crippen molar-refractivity contribution in [3.8, 4) is 23.0 Å². The van der Waals surface area contributed by atoms with Gasteiger partial charge in [-0.15, -0.1) is 0 Å². The lowest BCUT2D eigenvalue weighted by Crippen LogP contribution is -2.21. The third-order valence-electron chi connectivity index (χ3n) is 6.85. The Morgan fingerprint density at radius 1 is 1.00 bits per heavy atom. The first-order chi connectivity index (χ1) is 18.3. The van der Waals surface area contributed by atoms with Gasteiger partial charge in [0.15, 0.2) is 5.82 Å². The Morgan fingerprint density at radius 3 is 2.47 bits per heavy atom. The van der Waals surface area contributed by atoms with E-state index in [1.165, 1.54) is 4.68 Å². The van der Waals surface area contributed by atoms with Gasteiger partial charge in [-0.25, -0.2) is 9.97 Å². The summed E-state index contributed by atoms with van der Waals surface area (Å²) in [6.45, 7) is 10.3. The van der Waals surface area contributed by atoms with Gasteiger partial charge in [0.05, 0.1) is 24.2 Å². The number of aryl methyl sites for hydroxylation is 2. The minimum absolute atomic E-state index is 0.221. The number of ether oxygens (including phenoxy) is 1. The molecule has 7 nitrogen and oxygen atoms in total. The van der Waals surface area contributed by atoms with Gasteiger partial charge in [0.2, 0.25) is 0 Å². The molecule has 0 saturated heterocycles. The maximum absolute atomic E-state index is 13.7. The molecule has 3 aromatic heterocycles. The lowest BCUT2D eigenvalue weighted by Gasteiger charge is -2.17. The monoisotopic (exact) mass is 505 g/mol. The lowest BCUT2D eigenvalue weighted by atomic mass is 9.96. The van der Waals surface area contributed by atoms with Crippen LogP contribution in [-0.4, -0.2) is 32.5 Å². The van der Waals surface area contributed by atoms with Gasteiger partial charge in [-0.2, -0.15) is 9.78 Å². The predicted octanol–water partition coefficient (Wildman–Crippen LogP) is 6.19. The van der Waals surface area contributed by atoms with Crippen molar-refractivity contribution in [2.75, 3.05) is 7.11 Å². The van der Waals surface area contributed by atoms with Crippen LogP contribution < -0.4 is 10.3 Å². The summed E-state index contributed by atoms with van der Waals surface area (Å²) in [6.07, 6.45) is 3.50. The number of hydrogen-bond acceptors (Lipinski definition) is 5. The number of pyridine rings is 1. The lowest BCUT2D eigenvalue weighted by molar-refractivity contribution is 0.407. The van der Waals surface area contributed by atoms with Crippen LogP contribution in [0.5, 0.6) is 5.75 Å². The third-order valence-corrected chi connectivity index (χ3v) is 6.85. The SMILES string of the molecule is COc1cc(C)c(-c2nc3ccccc3c(=O)n2N=Cc2cc(C)n(-c3ccccn3)c2C)cc1C(C)C. The van der Waals surface area contributed by atoms with Crippen LogP contribution >= 0.6 is 0 Å². The number of fused-ring (bicyclic) bond motifs is 1. The second-order valence-electron chi connectivity index (χ2n) is 9.73. The molecular formula is C31H31N5O2. The summed E-state index contributed by atoms with van der Waals surface area (Å²) >= 11 is 0. The Kier molecular flexibility index (Phi) is 6.68. The zero-order chi connectivity index (χ0) is 27.0. The van der Waals surface area contributed by atoms with Gasteiger partial charge in [0.1, 0.15) is 11.6 Å². The topological polar surface area (TPSA) is 74.3 Å². The zero-order valence-electron chi connectivity index (χ0n) is 22.6. The first-order valence-corrected chi connectivity index (χ1v) is 12.7. The Morgan fingerprint density at radius 2 is 1.76 bits per heavy atom. The minimum Gasteiger partial charge on any atom is -0.496 e. The molecule has 0 aliphatic heterocycles. The highest BCUT2D eigenvalue weighted by molar-refractivity contribution is 5.84. The Balaban J connectivity index is 1.72. The van der Waals surface area contributed by atoms with Crippen LogP contribution in [0.3, 0.4) is 0 Å². The highest BCUT2D eigenvalue weighted by Gasteiger charge is 2.18. The van der Waals surface area contributed by atoms with Crippen LogP contribution in [0, 0.1) is 20.8 Å². The summed E-state index contributed by atoms with van der Waals surface area (Å²) in [7, 11) is 1.68. The fraction of sp³-hybridized carbons (Fsp3) is 0.226. The largest absolute Gasteiger partial charge is 0.496 e. The van der Waals surface area contributed by atoms with Crippen molar-refractivity contribution in [1.29, 1.82) is 0 Å². The van der Waals surface area contributed by atoms with Gasteiger partial charge in [-0.1, -0.05) is 32.0 Å². The molecule has 38 heavy (non-hydrogen) atoms. The maximum Gasteiger partial charge on any atom is 0.282 e. The van der Waals surface area contributed by atoms with E-state index in [1.54, 1.807) is 25.6 Å². The Bertz CT molecular complexity index is 1730. The van der Waals surface area contributed by atoms with Gasteiger partial charge in [-0.05, 0) is 80.3 Å². The predicted molar refractivity (Wildman–Crippen MR) is 153 cm³/mol. The van der Waals surface area contributed by atoms with Crippen molar-refractivity contribution < 1.29 is 4.74 Å². The van der Waals surface area contributed by atoms with Crippen LogP contribution in [0.25, 0.3) is 28.1 Å². The smallest absolute Gasteiger partial charge is 0.282 e. The number of aromatic nitrogens is 4. The summed E-state index contributed by atoms with van der Waals surface area (Å²) in [5.74, 6) is 2.37. The van der Waals surface area contributed by atoms with Crippen LogP contribution in [0.2, 0.25) is 0 Å². The molecule has 3 heterocycles. The number of methoxy groups -OCH3 is 1. The van der Waals surface area contributed by atoms with Crippen LogP contribution in [-0.2, 0) is 0 Å². The highest BCUT2D eigenvalue weighted by atomic mass is 16.5. The second kappa shape index (κ2) is 10.1. The van der Waals surface area contributed by atoms with Crippen LogP contribution in [0.1, 0.15) is 47.8 Å². The summed E-state index contributed by atoms with van der Waals surface area (Å²) in [4.78, 5) is 23.2. The van der Waals surface area contributed by atoms with E-state index in [9.17, 15) is 4.79 Å². The van der Waals surface area contributed by atoms with E-state index in [0.29, 0.717) is 16.7 Å². The van der Waals surface area contributed by atoms with Crippen molar-refractivity contribution in [3.05, 3.63) is 105 Å². The molecule has 0 aliphatic rings. The van der Waals surface area contributed by atoms with Gasteiger partial charge < -0.3 is 9.30 Å². The van der Waals surface area contributed by atoms with E-state index < -0.39 is 0 Å². The molecule has 0 bridgehead atoms. The summed E-state index contributed by atoms with van der Waals surface area (Å²) < 4.78 is 9.13. The van der Waals surface area contributed by atoms with Gasteiger partial charge in [0, 0.05) is 28.7 Å². The fourth-order valence-corrected chi connectivity index (χ4v) is 4.85. The van der Waals surface area contributed by atoms with E-state index >= 15 is 0 Å². The highest BCUT2D eigenvalue weighted by Crippen LogP contribution is 2.34. The van der Waals surface area contributed by atoms with Gasteiger partial charge in [0.25, 0.3) is 5.56 Å². The molecule has 0 N–H and O–H groups in total. The number of para-hydroxylation sites is 1. The molecule has 0 saturated carbocycles. The van der Waals surface area contributed by atoms with Crippen molar-refractivity contribution in [3.63, 3.8) is 0 Å². The summed E-state index contributed by atoms with van der Waals surface area (Å²) in [6, 6.07) is 19.3. The van der Waals surface area contributed by atoms with Crippen molar-refractivity contribution in [2.45, 2.75) is 40.5 Å². The molecule has 2 aromatic carbocycles. The Hall–Kier alpha value is -4.52. The number of nitrogens with zero attached hydrogens (tertiary/aromatic N) is 5. The Labute approximate surface area is 222 Å². The average Bonchev–Trinajstić information content (AvgIpc) is 3.20. The molecule has 192 valence electrons. The molecule has 0 spiro atoms. The van der Waals surface area contributed by atoms with Crippen molar-refractivity contribution >= 4 is 17.1 Å². The van der Waals surface area contributed by atoms with Crippen LogP contribution in [0.4, 0.5) is 0 Å². The molecule has 5 rings (SSSR count).